The predicted molar refractivity (Wildman–Crippen MR) is 84.9 cm³/mol. The van der Waals surface area contributed by atoms with Crippen molar-refractivity contribution in [2.24, 2.45) is 5.73 Å². The molecule has 0 aromatic heterocycles. The number of benzene rings is 1. The van der Waals surface area contributed by atoms with Crippen molar-refractivity contribution in [3.05, 3.63) is 12.1 Å². The number of hydrogen-bond donors (Lipinski definition) is 2. The molecule has 1 rings (SSSR count). The highest BCUT2D eigenvalue weighted by Crippen LogP contribution is 2.40. The van der Waals surface area contributed by atoms with Gasteiger partial charge in [0, 0.05) is 12.1 Å². The highest BCUT2D eigenvalue weighted by atomic mass is 32.2. The molecule has 118 valence electrons. The zero-order valence-electron chi connectivity index (χ0n) is 12.2. The minimum atomic E-state index is -3.75. The number of sulfonamides is 1. The molecule has 1 aromatic carbocycles. The molecule has 1 unspecified atom stereocenters. The number of nitrogens with two attached hydrogens (primary N) is 1. The second-order valence-electron chi connectivity index (χ2n) is 4.11. The highest BCUT2D eigenvalue weighted by Gasteiger charge is 2.24. The summed E-state index contributed by atoms with van der Waals surface area (Å²) < 4.78 is 42.1. The molecule has 0 radical (unpaired) electrons. The van der Waals surface area contributed by atoms with Gasteiger partial charge in [-0.15, -0.1) is 0 Å². The second kappa shape index (κ2) is 6.81. The molecule has 0 saturated heterocycles. The van der Waals surface area contributed by atoms with Gasteiger partial charge in [-0.2, -0.15) is 0 Å². The summed E-state index contributed by atoms with van der Waals surface area (Å²) in [5.41, 5.74) is 5.63. The molecule has 0 aliphatic heterocycles. The number of methoxy groups -OCH3 is 3. The van der Waals surface area contributed by atoms with Crippen LogP contribution in [0, 0.1) is 0 Å². The molecule has 1 atom stereocenters. The average molecular weight is 334 g/mol. The SMILES string of the molecule is COc1cc(NS(=O)(=O)C(C)C(N)=S)cc(OC)c1OC. The van der Waals surface area contributed by atoms with Crippen LogP contribution in [0.25, 0.3) is 0 Å². The molecule has 0 bridgehead atoms. The molecular weight excluding hydrogens is 316 g/mol. The zero-order valence-corrected chi connectivity index (χ0v) is 13.8. The first kappa shape index (κ1) is 17.3. The van der Waals surface area contributed by atoms with Crippen molar-refractivity contribution in [2.75, 3.05) is 26.1 Å². The van der Waals surface area contributed by atoms with Crippen LogP contribution >= 0.6 is 12.2 Å². The molecule has 0 aliphatic rings. The molecule has 9 heteroatoms. The molecule has 3 N–H and O–H groups in total. The summed E-state index contributed by atoms with van der Waals surface area (Å²) in [5, 5.41) is -1.01. The van der Waals surface area contributed by atoms with Gasteiger partial charge in [0.2, 0.25) is 15.8 Å². The summed E-state index contributed by atoms with van der Waals surface area (Å²) in [7, 11) is 0.583. The summed E-state index contributed by atoms with van der Waals surface area (Å²) in [5.74, 6) is 1.03. The lowest BCUT2D eigenvalue weighted by atomic mass is 10.2. The van der Waals surface area contributed by atoms with Crippen LogP contribution in [0.5, 0.6) is 17.2 Å². The summed E-state index contributed by atoms with van der Waals surface area (Å²) in [6.45, 7) is 1.41. The van der Waals surface area contributed by atoms with Crippen molar-refractivity contribution in [1.29, 1.82) is 0 Å². The van der Waals surface area contributed by atoms with Gasteiger partial charge in [-0.25, -0.2) is 8.42 Å². The predicted octanol–water partition coefficient (Wildman–Crippen LogP) is 1.13. The topological polar surface area (TPSA) is 99.9 Å². The Balaban J connectivity index is 3.24. The fourth-order valence-corrected chi connectivity index (χ4v) is 2.85. The van der Waals surface area contributed by atoms with Crippen LogP contribution in [0.15, 0.2) is 12.1 Å². The number of anilines is 1. The van der Waals surface area contributed by atoms with Gasteiger partial charge < -0.3 is 19.9 Å². The normalized spacial score (nSPS) is 12.4. The van der Waals surface area contributed by atoms with E-state index < -0.39 is 15.3 Å². The fourth-order valence-electron chi connectivity index (χ4n) is 1.55. The highest BCUT2D eigenvalue weighted by molar-refractivity contribution is 7.95. The smallest absolute Gasteiger partial charge is 0.241 e. The Labute approximate surface area is 129 Å². The Hall–Kier alpha value is -1.74. The van der Waals surface area contributed by atoms with Gasteiger partial charge in [0.05, 0.1) is 32.0 Å². The van der Waals surface area contributed by atoms with Gasteiger partial charge in [-0.3, -0.25) is 4.72 Å². The minimum absolute atomic E-state index is 0.116. The van der Waals surface area contributed by atoms with Gasteiger partial charge >= 0.3 is 0 Å². The number of thiocarbonyl (C=S) groups is 1. The Morgan fingerprint density at radius 2 is 1.67 bits per heavy atom. The second-order valence-corrected chi connectivity index (χ2v) is 6.58. The maximum absolute atomic E-state index is 12.1. The Morgan fingerprint density at radius 1 is 1.19 bits per heavy atom. The summed E-state index contributed by atoms with van der Waals surface area (Å²) in [6, 6.07) is 2.95. The van der Waals surface area contributed by atoms with Crippen molar-refractivity contribution in [3.8, 4) is 17.2 Å². The van der Waals surface area contributed by atoms with Crippen molar-refractivity contribution >= 4 is 32.9 Å². The van der Waals surface area contributed by atoms with Crippen molar-refractivity contribution < 1.29 is 22.6 Å². The van der Waals surface area contributed by atoms with Gasteiger partial charge in [0.15, 0.2) is 11.5 Å². The molecule has 0 heterocycles. The number of ether oxygens (including phenoxy) is 3. The third kappa shape index (κ3) is 3.88. The molecular formula is C12H18N2O5S2. The van der Waals surface area contributed by atoms with Crippen LogP contribution in [-0.4, -0.2) is 40.0 Å². The Morgan fingerprint density at radius 3 is 2.00 bits per heavy atom. The van der Waals surface area contributed by atoms with E-state index in [0.29, 0.717) is 17.2 Å². The van der Waals surface area contributed by atoms with Crippen LogP contribution in [0.2, 0.25) is 0 Å². The molecule has 0 fully saturated rings. The average Bonchev–Trinajstić information content (AvgIpc) is 2.44. The van der Waals surface area contributed by atoms with Gasteiger partial charge in [-0.05, 0) is 6.92 Å². The third-order valence-electron chi connectivity index (χ3n) is 2.79. The van der Waals surface area contributed by atoms with E-state index in [1.165, 1.54) is 40.4 Å². The van der Waals surface area contributed by atoms with E-state index in [1.807, 2.05) is 0 Å². The monoisotopic (exact) mass is 334 g/mol. The Bertz CT molecular complexity index is 606. The van der Waals surface area contributed by atoms with E-state index in [9.17, 15) is 8.42 Å². The maximum atomic E-state index is 12.1. The molecule has 0 saturated carbocycles. The zero-order chi connectivity index (χ0) is 16.2. The van der Waals surface area contributed by atoms with E-state index >= 15 is 0 Å². The lowest BCUT2D eigenvalue weighted by Gasteiger charge is -2.17. The Kier molecular flexibility index (Phi) is 5.62. The first-order valence-corrected chi connectivity index (χ1v) is 7.83. The third-order valence-corrected chi connectivity index (χ3v) is 5.00. The largest absolute Gasteiger partial charge is 0.493 e. The van der Waals surface area contributed by atoms with E-state index in [0.717, 1.165) is 0 Å². The quantitative estimate of drug-likeness (QED) is 0.721. The minimum Gasteiger partial charge on any atom is -0.493 e. The van der Waals surface area contributed by atoms with Crippen molar-refractivity contribution in [2.45, 2.75) is 12.2 Å². The summed E-state index contributed by atoms with van der Waals surface area (Å²) in [6.07, 6.45) is 0. The molecule has 7 nitrogen and oxygen atoms in total. The van der Waals surface area contributed by atoms with E-state index in [-0.39, 0.29) is 10.7 Å². The van der Waals surface area contributed by atoms with Crippen LogP contribution in [0.3, 0.4) is 0 Å². The molecule has 0 aliphatic carbocycles. The van der Waals surface area contributed by atoms with Crippen molar-refractivity contribution in [3.63, 3.8) is 0 Å². The number of nitrogens with one attached hydrogen (secondary N) is 1. The fraction of sp³-hybridized carbons (Fsp3) is 0.417. The van der Waals surface area contributed by atoms with Crippen LogP contribution < -0.4 is 24.7 Å². The van der Waals surface area contributed by atoms with Gasteiger partial charge in [0.25, 0.3) is 0 Å². The molecule has 0 spiro atoms. The van der Waals surface area contributed by atoms with E-state index in [4.69, 9.17) is 32.2 Å². The molecule has 21 heavy (non-hydrogen) atoms. The van der Waals surface area contributed by atoms with Crippen molar-refractivity contribution in [1.82, 2.24) is 0 Å². The van der Waals surface area contributed by atoms with Gasteiger partial charge in [0.1, 0.15) is 5.25 Å². The standard InChI is InChI=1S/C12H18N2O5S2/c1-7(12(13)20)21(15,16)14-8-5-9(17-2)11(19-4)10(6-8)18-3/h5-7,14H,1-4H3,(H2,13,20). The number of rotatable bonds is 7. The van der Waals surface area contributed by atoms with E-state index in [1.54, 1.807) is 0 Å². The van der Waals surface area contributed by atoms with Gasteiger partial charge in [-0.1, -0.05) is 12.2 Å². The van der Waals surface area contributed by atoms with Crippen LogP contribution in [-0.2, 0) is 10.0 Å². The van der Waals surface area contributed by atoms with Crippen LogP contribution in [0.1, 0.15) is 6.92 Å². The summed E-state index contributed by atoms with van der Waals surface area (Å²) >= 11 is 4.71. The lowest BCUT2D eigenvalue weighted by molar-refractivity contribution is 0.324. The molecule has 0 amide bonds. The first-order chi connectivity index (χ1) is 9.76. The van der Waals surface area contributed by atoms with Crippen LogP contribution in [0.4, 0.5) is 5.69 Å². The number of hydrogen-bond acceptors (Lipinski definition) is 6. The first-order valence-electron chi connectivity index (χ1n) is 5.87. The lowest BCUT2D eigenvalue weighted by Crippen LogP contribution is -2.35. The maximum Gasteiger partial charge on any atom is 0.241 e. The molecule has 1 aromatic rings. The summed E-state index contributed by atoms with van der Waals surface area (Å²) in [4.78, 5) is -0.116. The van der Waals surface area contributed by atoms with E-state index in [2.05, 4.69) is 4.72 Å².